The van der Waals surface area contributed by atoms with Crippen LogP contribution in [0.4, 0.5) is 14.5 Å². The molecule has 0 saturated heterocycles. The van der Waals surface area contributed by atoms with E-state index in [4.69, 9.17) is 14.9 Å². The van der Waals surface area contributed by atoms with Gasteiger partial charge in [-0.05, 0) is 61.4 Å². The first-order valence-corrected chi connectivity index (χ1v) is 11.7. The Labute approximate surface area is 209 Å². The molecule has 0 spiro atoms. The minimum Gasteiger partial charge on any atom is -0.456 e. The predicted molar refractivity (Wildman–Crippen MR) is 138 cm³/mol. The van der Waals surface area contributed by atoms with Gasteiger partial charge in [0.1, 0.15) is 22.0 Å². The highest BCUT2D eigenvalue weighted by atomic mass is 32.1. The average Bonchev–Trinajstić information content (AvgIpc) is 3.47. The molecule has 5 aromatic rings. The van der Waals surface area contributed by atoms with Gasteiger partial charge in [-0.1, -0.05) is 0 Å². The van der Waals surface area contributed by atoms with Gasteiger partial charge in [0.05, 0.1) is 12.1 Å². The summed E-state index contributed by atoms with van der Waals surface area (Å²) in [5.74, 6) is 1.58. The number of hydrogen-bond acceptors (Lipinski definition) is 7. The molecule has 0 radical (unpaired) electrons. The van der Waals surface area contributed by atoms with Crippen LogP contribution in [0.15, 0.2) is 51.8 Å². The first kappa shape index (κ1) is 25.1. The van der Waals surface area contributed by atoms with Gasteiger partial charge in [-0.15, -0.1) is 21.5 Å². The number of alkyl halides is 1. The summed E-state index contributed by atoms with van der Waals surface area (Å²) in [4.78, 5) is 13.6. The predicted octanol–water partition coefficient (Wildman–Crippen LogP) is 6.34. The van der Waals surface area contributed by atoms with Gasteiger partial charge in [0, 0.05) is 42.4 Å². The molecule has 36 heavy (non-hydrogen) atoms. The molecule has 0 atom stereocenters. The van der Waals surface area contributed by atoms with Crippen molar-refractivity contribution < 1.29 is 17.9 Å². The lowest BCUT2D eigenvalue weighted by Crippen LogP contribution is -2.15. The summed E-state index contributed by atoms with van der Waals surface area (Å²) in [6, 6.07) is 10.1. The maximum Gasteiger partial charge on any atom is 0.268 e. The maximum absolute atomic E-state index is 13.8. The topological polar surface area (TPSA) is 96.2 Å². The highest BCUT2D eigenvalue weighted by Gasteiger charge is 2.20. The first-order valence-electron chi connectivity index (χ1n) is 10.9. The number of hydrogen-bond donors (Lipinski definition) is 1. The fourth-order valence-electron chi connectivity index (χ4n) is 3.96. The van der Waals surface area contributed by atoms with Gasteiger partial charge < -0.3 is 19.5 Å². The van der Waals surface area contributed by atoms with Crippen LogP contribution in [0.1, 0.15) is 17.0 Å². The highest BCUT2D eigenvalue weighted by molar-refractivity contribution is 7.22. The zero-order valence-corrected chi connectivity index (χ0v) is 21.2. The molecule has 3 aromatic heterocycles. The lowest BCUT2D eigenvalue weighted by molar-refractivity contribution is 0.474. The fraction of sp³-hybridized carbons (Fsp3) is 0.192. The van der Waals surface area contributed by atoms with Crippen molar-refractivity contribution in [2.24, 2.45) is 7.05 Å². The Morgan fingerprint density at radius 3 is 2.36 bits per heavy atom. The van der Waals surface area contributed by atoms with Crippen molar-refractivity contribution >= 4 is 27.1 Å². The molecular weight excluding hydrogens is 486 g/mol. The van der Waals surface area contributed by atoms with E-state index in [1.54, 1.807) is 52.2 Å². The van der Waals surface area contributed by atoms with E-state index in [2.05, 4.69) is 10.2 Å². The second-order valence-electron chi connectivity index (χ2n) is 8.16. The van der Waals surface area contributed by atoms with Crippen LogP contribution < -0.4 is 16.0 Å². The summed E-state index contributed by atoms with van der Waals surface area (Å²) in [6.07, 6.45) is 1.76. The molecule has 0 aliphatic heterocycles. The largest absolute Gasteiger partial charge is 0.456 e. The van der Waals surface area contributed by atoms with Gasteiger partial charge in [-0.25, -0.2) is 4.39 Å². The van der Waals surface area contributed by atoms with Gasteiger partial charge in [0.25, 0.3) is 11.4 Å². The van der Waals surface area contributed by atoms with Gasteiger partial charge in [-0.2, -0.15) is 0 Å². The van der Waals surface area contributed by atoms with E-state index in [1.807, 2.05) is 6.07 Å². The lowest BCUT2D eigenvalue weighted by atomic mass is 10.0. The van der Waals surface area contributed by atoms with E-state index in [0.29, 0.717) is 62.4 Å². The van der Waals surface area contributed by atoms with E-state index < -0.39 is 0 Å². The molecule has 0 saturated carbocycles. The number of nitrogens with zero attached hydrogens (tertiary/aromatic N) is 3. The Hall–Kier alpha value is -4.05. The maximum atomic E-state index is 13.8. The van der Waals surface area contributed by atoms with E-state index in [0.717, 1.165) is 10.9 Å². The van der Waals surface area contributed by atoms with E-state index in [9.17, 15) is 13.6 Å². The molecule has 10 heteroatoms. The molecule has 5 rings (SSSR count). The number of aryl methyl sites for hydroxylation is 4. The number of thiophene rings is 1. The summed E-state index contributed by atoms with van der Waals surface area (Å²) in [5.41, 5.74) is 9.37. The molecule has 3 heterocycles. The molecule has 7 nitrogen and oxygen atoms in total. The Bertz CT molecular complexity index is 1620. The van der Waals surface area contributed by atoms with Crippen molar-refractivity contribution in [1.82, 2.24) is 14.8 Å². The highest BCUT2D eigenvalue weighted by Crippen LogP contribution is 2.42. The van der Waals surface area contributed by atoms with Crippen LogP contribution in [0, 0.1) is 26.6 Å². The number of nitrogen functional groups attached to an aromatic ring is 1. The molecule has 2 aromatic carbocycles. The van der Waals surface area contributed by atoms with E-state index >= 15 is 0 Å². The third kappa shape index (κ3) is 4.59. The minimum absolute atomic E-state index is 0.136. The van der Waals surface area contributed by atoms with Crippen LogP contribution in [-0.4, -0.2) is 21.9 Å². The van der Waals surface area contributed by atoms with E-state index in [1.165, 1.54) is 28.0 Å². The Morgan fingerprint density at radius 1 is 1.03 bits per heavy atom. The second-order valence-corrected chi connectivity index (χ2v) is 9.22. The Kier molecular flexibility index (Phi) is 6.89. The first-order chi connectivity index (χ1) is 17.2. The molecule has 186 valence electrons. The van der Waals surface area contributed by atoms with Crippen molar-refractivity contribution in [2.75, 3.05) is 12.9 Å². The van der Waals surface area contributed by atoms with Gasteiger partial charge in [0.2, 0.25) is 5.89 Å². The molecule has 2 N–H and O–H groups in total. The number of nitrogens with two attached hydrogens (primary N) is 1. The lowest BCUT2D eigenvalue weighted by Gasteiger charge is -2.17. The van der Waals surface area contributed by atoms with Crippen LogP contribution in [0.2, 0.25) is 0 Å². The van der Waals surface area contributed by atoms with Gasteiger partial charge >= 0.3 is 0 Å². The zero-order chi connectivity index (χ0) is 26.1. The summed E-state index contributed by atoms with van der Waals surface area (Å²) in [6.45, 7) is 5.30. The van der Waals surface area contributed by atoms with Crippen LogP contribution in [0.25, 0.3) is 32.0 Å². The second kappa shape index (κ2) is 9.90. The summed E-state index contributed by atoms with van der Waals surface area (Å²) in [5, 5.41) is 8.71. The van der Waals surface area contributed by atoms with E-state index in [-0.39, 0.29) is 11.4 Å². The summed E-state index contributed by atoms with van der Waals surface area (Å²) >= 11 is 1.29. The van der Waals surface area contributed by atoms with Crippen LogP contribution in [0.5, 0.6) is 11.5 Å². The monoisotopic (exact) mass is 510 g/mol. The number of halogens is 2. The summed E-state index contributed by atoms with van der Waals surface area (Å²) < 4.78 is 37.3. The average molecular weight is 511 g/mol. The van der Waals surface area contributed by atoms with Gasteiger partial charge in [-0.3, -0.25) is 9.18 Å². The fourth-order valence-corrected chi connectivity index (χ4v) is 5.04. The zero-order valence-electron chi connectivity index (χ0n) is 20.3. The van der Waals surface area contributed by atoms with Gasteiger partial charge in [0.15, 0.2) is 0 Å². The summed E-state index contributed by atoms with van der Waals surface area (Å²) in [7, 11) is 2.20. The van der Waals surface area contributed by atoms with Crippen molar-refractivity contribution in [1.29, 1.82) is 0 Å². The smallest absolute Gasteiger partial charge is 0.268 e. The number of pyridine rings is 1. The number of aromatic nitrogens is 3. The number of fused-ring (bicyclic) bond motifs is 1. The number of benzene rings is 2. The van der Waals surface area contributed by atoms with Crippen molar-refractivity contribution in [3.8, 4) is 33.4 Å². The van der Waals surface area contributed by atoms with Crippen molar-refractivity contribution in [3.63, 3.8) is 0 Å². The molecule has 0 aliphatic carbocycles. The minimum atomic E-state index is -0.318. The number of ether oxygens (including phenoxy) is 1. The Balaban J connectivity index is 0.00000148. The van der Waals surface area contributed by atoms with Crippen molar-refractivity contribution in [3.05, 3.63) is 75.8 Å². The van der Waals surface area contributed by atoms with Crippen LogP contribution in [0.3, 0.4) is 0 Å². The number of rotatable bonds is 4. The van der Waals surface area contributed by atoms with Crippen molar-refractivity contribution in [2.45, 2.75) is 20.8 Å². The third-order valence-electron chi connectivity index (χ3n) is 5.53. The molecule has 0 fully saturated rings. The normalized spacial score (nSPS) is 10.9. The van der Waals surface area contributed by atoms with Crippen LogP contribution in [-0.2, 0) is 7.05 Å². The molecule has 0 unspecified atom stereocenters. The quantitative estimate of drug-likeness (QED) is 0.283. The number of anilines is 1. The Morgan fingerprint density at radius 2 is 1.72 bits per heavy atom. The molecule has 0 aliphatic rings. The standard InChI is InChI=1S/C25H21FN4O3S.CH3F/c1-12-7-15(26)8-13(2)22(12)33-20-6-5-16(27)9-17(20)19-11-30(4)25(31)23-18(19)10-21(34-23)24-29-28-14(3)32-24;1-2/h5-11H,27H2,1-4H3;1H3. The SMILES string of the molecule is CF.Cc1nnc(-c2cc3c(-c4cc(N)ccc4Oc4c(C)cc(F)cc4C)cn(C)c(=O)c3s2)o1. The molecule has 0 amide bonds. The third-order valence-corrected chi connectivity index (χ3v) is 6.64. The molecular formula is C26H24F2N4O3S. The molecule has 0 bridgehead atoms. The van der Waals surface area contributed by atoms with Crippen LogP contribution >= 0.6 is 11.3 Å².